The molecule has 36 heavy (non-hydrogen) atoms. The van der Waals surface area contributed by atoms with Crippen molar-refractivity contribution in [1.29, 1.82) is 0 Å². The van der Waals surface area contributed by atoms with Gasteiger partial charge in [-0.15, -0.1) is 0 Å². The third-order valence-corrected chi connectivity index (χ3v) is 12.5. The maximum Gasteiger partial charge on any atom is 0.157 e. The maximum absolute atomic E-state index is 11.7. The van der Waals surface area contributed by atoms with Gasteiger partial charge in [-0.1, -0.05) is 27.7 Å². The molecule has 4 nitrogen and oxygen atoms in total. The van der Waals surface area contributed by atoms with Crippen LogP contribution >= 0.6 is 0 Å². The minimum Gasteiger partial charge on any atom is -0.390 e. The predicted octanol–water partition coefficient (Wildman–Crippen LogP) is 7.11. The Morgan fingerprint density at radius 3 is 2.39 bits per heavy atom. The molecule has 0 bridgehead atoms. The summed E-state index contributed by atoms with van der Waals surface area (Å²) < 4.78 is 12.4. The van der Waals surface area contributed by atoms with Crippen molar-refractivity contribution in [3.05, 3.63) is 0 Å². The van der Waals surface area contributed by atoms with Crippen LogP contribution in [0.2, 0.25) is 0 Å². The molecule has 0 aromatic heterocycles. The van der Waals surface area contributed by atoms with Gasteiger partial charge in [-0.25, -0.2) is 0 Å². The van der Waals surface area contributed by atoms with Gasteiger partial charge in [-0.2, -0.15) is 0 Å². The van der Waals surface area contributed by atoms with Crippen LogP contribution in [0.4, 0.5) is 0 Å². The van der Waals surface area contributed by atoms with E-state index in [2.05, 4.69) is 27.7 Å². The highest BCUT2D eigenvalue weighted by atomic mass is 16.7. The molecule has 4 saturated carbocycles. The van der Waals surface area contributed by atoms with E-state index in [-0.39, 0.29) is 17.6 Å². The monoisotopic (exact) mass is 504 g/mol. The largest absolute Gasteiger partial charge is 0.390 e. The van der Waals surface area contributed by atoms with Crippen molar-refractivity contribution in [2.24, 2.45) is 46.3 Å². The lowest BCUT2D eigenvalue weighted by Crippen LogP contribution is -2.57. The molecule has 1 saturated heterocycles. The summed E-state index contributed by atoms with van der Waals surface area (Å²) in [4.78, 5) is 0. The van der Waals surface area contributed by atoms with Gasteiger partial charge < -0.3 is 19.7 Å². The molecule has 5 fully saturated rings. The summed E-state index contributed by atoms with van der Waals surface area (Å²) in [6.07, 6.45) is 16.2. The number of rotatable bonds is 7. The summed E-state index contributed by atoms with van der Waals surface area (Å²) in [5.74, 6) is 3.86. The molecule has 5 rings (SSSR count). The van der Waals surface area contributed by atoms with Gasteiger partial charge >= 0.3 is 0 Å². The van der Waals surface area contributed by atoms with Crippen molar-refractivity contribution >= 4 is 0 Å². The lowest BCUT2D eigenvalue weighted by Gasteiger charge is -2.62. The van der Waals surface area contributed by atoms with Gasteiger partial charge in [0, 0.05) is 6.61 Å². The van der Waals surface area contributed by atoms with Crippen molar-refractivity contribution in [3.63, 3.8) is 0 Å². The van der Waals surface area contributed by atoms with Crippen LogP contribution in [-0.2, 0) is 9.47 Å². The summed E-state index contributed by atoms with van der Waals surface area (Å²) in [5.41, 5.74) is -0.386. The Morgan fingerprint density at radius 1 is 0.917 bits per heavy atom. The second-order valence-electron chi connectivity index (χ2n) is 14.9. The van der Waals surface area contributed by atoms with Crippen molar-refractivity contribution in [1.82, 2.24) is 0 Å². The Morgan fingerprint density at radius 2 is 1.67 bits per heavy atom. The molecule has 5 aliphatic rings. The maximum atomic E-state index is 11.7. The number of fused-ring (bicyclic) bond motifs is 5. The average molecular weight is 505 g/mol. The van der Waals surface area contributed by atoms with E-state index in [0.29, 0.717) is 29.8 Å². The highest BCUT2D eigenvalue weighted by Gasteiger charge is 2.63. The zero-order valence-electron chi connectivity index (χ0n) is 24.0. The molecule has 0 amide bonds. The Kier molecular flexibility index (Phi) is 7.94. The average Bonchev–Trinajstić information content (AvgIpc) is 3.21. The molecule has 2 N–H and O–H groups in total. The Hall–Kier alpha value is -0.160. The van der Waals surface area contributed by atoms with Gasteiger partial charge in [0.2, 0.25) is 0 Å². The van der Waals surface area contributed by atoms with Crippen molar-refractivity contribution < 1.29 is 19.7 Å². The molecule has 11 atom stereocenters. The summed E-state index contributed by atoms with van der Waals surface area (Å²) in [7, 11) is 0. The number of ether oxygens (including phenoxy) is 2. The fourth-order valence-corrected chi connectivity index (χ4v) is 10.4. The second kappa shape index (κ2) is 10.4. The molecular weight excluding hydrogens is 448 g/mol. The topological polar surface area (TPSA) is 58.9 Å². The zero-order chi connectivity index (χ0) is 25.7. The molecule has 4 heteroatoms. The molecule has 1 unspecified atom stereocenters. The van der Waals surface area contributed by atoms with E-state index in [1.165, 1.54) is 64.2 Å². The lowest BCUT2D eigenvalue weighted by molar-refractivity contribution is -0.213. The van der Waals surface area contributed by atoms with Crippen LogP contribution in [0.15, 0.2) is 0 Å². The van der Waals surface area contributed by atoms with Crippen LogP contribution in [0.25, 0.3) is 0 Å². The Balaban J connectivity index is 1.25. The van der Waals surface area contributed by atoms with Crippen molar-refractivity contribution in [3.8, 4) is 0 Å². The third kappa shape index (κ3) is 4.84. The fraction of sp³-hybridized carbons (Fsp3) is 1.00. The first kappa shape index (κ1) is 27.4. The van der Waals surface area contributed by atoms with E-state index >= 15 is 0 Å². The number of aliphatic hydroxyl groups excluding tert-OH is 1. The van der Waals surface area contributed by atoms with Gasteiger partial charge in [0.1, 0.15) is 0 Å². The highest BCUT2D eigenvalue weighted by molar-refractivity contribution is 5.12. The first-order valence-electron chi connectivity index (χ1n) is 15.7. The van der Waals surface area contributed by atoms with E-state index in [4.69, 9.17) is 9.47 Å². The zero-order valence-corrected chi connectivity index (χ0v) is 24.0. The van der Waals surface area contributed by atoms with E-state index in [0.717, 1.165) is 43.6 Å². The summed E-state index contributed by atoms with van der Waals surface area (Å²) in [5, 5.41) is 22.8. The SMILES string of the molecule is CC(C)CC[C@H](O)[C@](C)(O)[C@H]1CC[C@H]2[C@@H]3CC[C@H]4C[C@@H](OC5CCCCO5)CC[C@]4(C)[C@H]3CC[C@]12C. The smallest absolute Gasteiger partial charge is 0.157 e. The molecular formula is C32H56O4. The van der Waals surface area contributed by atoms with Crippen LogP contribution in [0.5, 0.6) is 0 Å². The highest BCUT2D eigenvalue weighted by Crippen LogP contribution is 2.69. The van der Waals surface area contributed by atoms with Crippen molar-refractivity contribution in [2.75, 3.05) is 6.61 Å². The van der Waals surface area contributed by atoms with E-state index in [1.54, 1.807) is 0 Å². The molecule has 0 spiro atoms. The summed E-state index contributed by atoms with van der Waals surface area (Å²) in [6, 6.07) is 0. The van der Waals surface area contributed by atoms with Crippen LogP contribution in [0.3, 0.4) is 0 Å². The summed E-state index contributed by atoms with van der Waals surface area (Å²) >= 11 is 0. The van der Waals surface area contributed by atoms with Crippen LogP contribution in [-0.4, -0.2) is 40.9 Å². The van der Waals surface area contributed by atoms with Crippen LogP contribution in [0, 0.1) is 46.3 Å². The third-order valence-electron chi connectivity index (χ3n) is 12.5. The molecule has 0 aromatic carbocycles. The number of hydrogen-bond donors (Lipinski definition) is 2. The normalized spacial score (nSPS) is 47.5. The minimum atomic E-state index is -0.983. The van der Waals surface area contributed by atoms with Gasteiger partial charge in [0.15, 0.2) is 6.29 Å². The number of hydrogen-bond acceptors (Lipinski definition) is 4. The number of aliphatic hydroxyl groups is 2. The first-order valence-corrected chi connectivity index (χ1v) is 15.7. The van der Waals surface area contributed by atoms with Gasteiger partial charge in [0.25, 0.3) is 0 Å². The first-order chi connectivity index (χ1) is 17.1. The van der Waals surface area contributed by atoms with E-state index in [9.17, 15) is 10.2 Å². The van der Waals surface area contributed by atoms with Gasteiger partial charge in [0.05, 0.1) is 17.8 Å². The summed E-state index contributed by atoms with van der Waals surface area (Å²) in [6.45, 7) is 12.3. The fourth-order valence-electron chi connectivity index (χ4n) is 10.4. The quantitative estimate of drug-likeness (QED) is 0.363. The molecule has 1 aliphatic heterocycles. The van der Waals surface area contributed by atoms with Gasteiger partial charge in [-0.05, 0) is 143 Å². The van der Waals surface area contributed by atoms with Gasteiger partial charge in [-0.3, -0.25) is 0 Å². The van der Waals surface area contributed by atoms with E-state index < -0.39 is 11.7 Å². The molecule has 1 heterocycles. The lowest BCUT2D eigenvalue weighted by atomic mass is 9.44. The molecule has 4 aliphatic carbocycles. The van der Waals surface area contributed by atoms with Crippen LogP contribution in [0.1, 0.15) is 125 Å². The van der Waals surface area contributed by atoms with Crippen molar-refractivity contribution in [2.45, 2.75) is 149 Å². The van der Waals surface area contributed by atoms with E-state index in [1.807, 2.05) is 6.92 Å². The molecule has 208 valence electrons. The molecule has 0 radical (unpaired) electrons. The minimum absolute atomic E-state index is 0.0407. The predicted molar refractivity (Wildman–Crippen MR) is 144 cm³/mol. The Labute approximate surface area is 221 Å². The van der Waals surface area contributed by atoms with Crippen LogP contribution < -0.4 is 0 Å². The standard InChI is InChI=1S/C32H56O4/c1-21(2)9-14-28(33)32(5,34)27-13-12-25-24-11-10-22-20-23(36-29-8-6-7-19-35-29)15-17-30(22,3)26(24)16-18-31(25,27)4/h21-29,33-34H,6-20H2,1-5H3/t22-,23-,24-,25-,26-,27-,28-,29?,30-,31-,32+/m0/s1. The molecule has 0 aromatic rings. The second-order valence-corrected chi connectivity index (χ2v) is 14.9. The Bertz CT molecular complexity index is 744.